The van der Waals surface area contributed by atoms with Crippen LogP contribution in [-0.2, 0) is 9.47 Å². The average molecular weight is 864 g/mol. The normalized spacial score (nSPS) is 18.9. The van der Waals surface area contributed by atoms with Gasteiger partial charge in [0.1, 0.15) is 0 Å². The molecule has 1 aliphatic rings. The Balaban J connectivity index is 2.64. The SMILES string of the molecule is CC1=C(/C=C/C(C)=C\C=C\C(C)=C/C(OCCC(C)CCCC(C)CCCC(C)CCCC(C)C)OCCC(C)CCCC(C)CCCC(C)CCCC(C)C)C(C)(C)CCC1. The summed E-state index contributed by atoms with van der Waals surface area (Å²) in [5.74, 6) is 6.50. The third-order valence-electron chi connectivity index (χ3n) is 14.5. The lowest BCUT2D eigenvalue weighted by Gasteiger charge is -2.32. The summed E-state index contributed by atoms with van der Waals surface area (Å²) in [5.41, 5.74) is 5.81. The van der Waals surface area contributed by atoms with Gasteiger partial charge in [0.25, 0.3) is 0 Å². The maximum atomic E-state index is 6.51. The second-order valence-corrected chi connectivity index (χ2v) is 23.1. The van der Waals surface area contributed by atoms with E-state index in [9.17, 15) is 0 Å². The second-order valence-electron chi connectivity index (χ2n) is 23.1. The summed E-state index contributed by atoms with van der Waals surface area (Å²) in [6, 6.07) is 0. The first-order valence-corrected chi connectivity index (χ1v) is 27.0. The Labute approximate surface area is 390 Å². The molecule has 0 saturated heterocycles. The van der Waals surface area contributed by atoms with Gasteiger partial charge in [-0.1, -0.05) is 246 Å². The Bertz CT molecular complexity index is 1210. The van der Waals surface area contributed by atoms with Gasteiger partial charge in [-0.2, -0.15) is 0 Å². The van der Waals surface area contributed by atoms with E-state index in [2.05, 4.69) is 140 Å². The van der Waals surface area contributed by atoms with Crippen LogP contribution in [0.3, 0.4) is 0 Å². The minimum atomic E-state index is -0.298. The van der Waals surface area contributed by atoms with E-state index in [4.69, 9.17) is 9.47 Å². The van der Waals surface area contributed by atoms with Gasteiger partial charge in [0.15, 0.2) is 6.29 Å². The maximum Gasteiger partial charge on any atom is 0.177 e. The Kier molecular flexibility index (Phi) is 33.0. The zero-order valence-electron chi connectivity index (χ0n) is 44.7. The van der Waals surface area contributed by atoms with Crippen LogP contribution >= 0.6 is 0 Å². The van der Waals surface area contributed by atoms with Crippen LogP contribution in [0.2, 0.25) is 0 Å². The summed E-state index contributed by atoms with van der Waals surface area (Å²) in [7, 11) is 0. The molecule has 0 fully saturated rings. The molecule has 0 radical (unpaired) electrons. The van der Waals surface area contributed by atoms with E-state index in [1.807, 2.05) is 0 Å². The Morgan fingerprint density at radius 3 is 1.26 bits per heavy atom. The Morgan fingerprint density at radius 1 is 0.516 bits per heavy atom. The van der Waals surface area contributed by atoms with E-state index < -0.39 is 0 Å². The summed E-state index contributed by atoms with van der Waals surface area (Å²) < 4.78 is 13.0. The molecule has 0 aliphatic heterocycles. The minimum Gasteiger partial charge on any atom is -0.349 e. The summed E-state index contributed by atoms with van der Waals surface area (Å²) in [6.45, 7) is 37.1. The summed E-state index contributed by atoms with van der Waals surface area (Å²) in [5, 5.41) is 0. The first-order valence-electron chi connectivity index (χ1n) is 27.0. The van der Waals surface area contributed by atoms with E-state index in [0.29, 0.717) is 11.8 Å². The van der Waals surface area contributed by atoms with E-state index in [-0.39, 0.29) is 11.7 Å². The maximum absolute atomic E-state index is 6.51. The quantitative estimate of drug-likeness (QED) is 0.0458. The molecule has 6 atom stereocenters. The van der Waals surface area contributed by atoms with Gasteiger partial charge < -0.3 is 9.47 Å². The fourth-order valence-corrected chi connectivity index (χ4v) is 9.69. The predicted octanol–water partition coefficient (Wildman–Crippen LogP) is 19.8. The molecular formula is C60H110O2. The van der Waals surface area contributed by atoms with Crippen LogP contribution in [0.1, 0.15) is 252 Å². The highest BCUT2D eigenvalue weighted by molar-refractivity contribution is 5.37. The molecule has 0 amide bonds. The molecule has 6 unspecified atom stereocenters. The van der Waals surface area contributed by atoms with Gasteiger partial charge in [0.05, 0.1) is 13.2 Å². The van der Waals surface area contributed by atoms with Crippen molar-refractivity contribution >= 4 is 0 Å². The molecule has 0 aromatic heterocycles. The standard InChI is InChI=1S/C60H110O2/c1-47(2)24-16-26-49(5)28-18-30-51(7)32-20-35-54(10)41-44-61-59(46-56(12)37-22-34-53(9)39-40-58-57(13)38-23-43-60(58,14)15)62-45-42-55(11)36-21-33-52(8)31-19-29-50(6)27-17-25-48(3)4/h22,34,37,39-40,46-52,54-55,59H,16-21,23-33,35-36,38,41-45H2,1-15H3/b37-22+,40-39+,53-34-,56-46-. The predicted molar refractivity (Wildman–Crippen MR) is 279 cm³/mol. The first kappa shape index (κ1) is 58.6. The van der Waals surface area contributed by atoms with Gasteiger partial charge in [0, 0.05) is 0 Å². The number of hydrogen-bond donors (Lipinski definition) is 0. The molecular weight excluding hydrogens is 753 g/mol. The monoisotopic (exact) mass is 863 g/mol. The molecule has 362 valence electrons. The average Bonchev–Trinajstić information content (AvgIpc) is 3.17. The van der Waals surface area contributed by atoms with Crippen LogP contribution in [0.5, 0.6) is 0 Å². The molecule has 0 heterocycles. The van der Waals surface area contributed by atoms with Crippen molar-refractivity contribution < 1.29 is 9.47 Å². The van der Waals surface area contributed by atoms with Crippen LogP contribution in [0, 0.1) is 52.8 Å². The van der Waals surface area contributed by atoms with Crippen molar-refractivity contribution in [3.05, 3.63) is 58.7 Å². The highest BCUT2D eigenvalue weighted by atomic mass is 16.7. The largest absolute Gasteiger partial charge is 0.349 e. The number of hydrogen-bond acceptors (Lipinski definition) is 2. The molecule has 1 aliphatic carbocycles. The topological polar surface area (TPSA) is 18.5 Å². The Hall–Kier alpha value is -1.38. The highest BCUT2D eigenvalue weighted by Crippen LogP contribution is 2.41. The fraction of sp³-hybridized carbons (Fsp3) is 0.833. The van der Waals surface area contributed by atoms with Gasteiger partial charge >= 0.3 is 0 Å². The van der Waals surface area contributed by atoms with Crippen LogP contribution in [0.4, 0.5) is 0 Å². The highest BCUT2D eigenvalue weighted by Gasteiger charge is 2.26. The molecule has 0 aromatic carbocycles. The van der Waals surface area contributed by atoms with Gasteiger partial charge in [-0.15, -0.1) is 0 Å². The lowest BCUT2D eigenvalue weighted by atomic mass is 9.72. The van der Waals surface area contributed by atoms with E-state index in [1.165, 1.54) is 152 Å². The van der Waals surface area contributed by atoms with Crippen LogP contribution in [0.15, 0.2) is 58.7 Å². The van der Waals surface area contributed by atoms with Crippen LogP contribution in [-0.4, -0.2) is 19.5 Å². The van der Waals surface area contributed by atoms with Gasteiger partial charge in [-0.25, -0.2) is 0 Å². The van der Waals surface area contributed by atoms with Gasteiger partial charge in [-0.05, 0) is 117 Å². The molecule has 2 nitrogen and oxygen atoms in total. The minimum absolute atomic E-state index is 0.270. The van der Waals surface area contributed by atoms with E-state index >= 15 is 0 Å². The van der Waals surface area contributed by atoms with Gasteiger partial charge in [0.2, 0.25) is 0 Å². The molecule has 0 aromatic rings. The zero-order chi connectivity index (χ0) is 46.3. The Morgan fingerprint density at radius 2 is 0.887 bits per heavy atom. The van der Waals surface area contributed by atoms with Crippen LogP contribution in [0.25, 0.3) is 0 Å². The van der Waals surface area contributed by atoms with E-state index in [1.54, 1.807) is 5.57 Å². The van der Waals surface area contributed by atoms with Crippen molar-refractivity contribution in [3.8, 4) is 0 Å². The van der Waals surface area contributed by atoms with Crippen molar-refractivity contribution in [1.29, 1.82) is 0 Å². The summed E-state index contributed by atoms with van der Waals surface area (Å²) >= 11 is 0. The molecule has 62 heavy (non-hydrogen) atoms. The van der Waals surface area contributed by atoms with Crippen molar-refractivity contribution in [2.24, 2.45) is 52.8 Å². The molecule has 2 heteroatoms. The summed E-state index contributed by atoms with van der Waals surface area (Å²) in [6.07, 6.45) is 44.0. The number of ether oxygens (including phenoxy) is 2. The van der Waals surface area contributed by atoms with E-state index in [0.717, 1.165) is 61.6 Å². The zero-order valence-corrected chi connectivity index (χ0v) is 44.7. The molecule has 0 spiro atoms. The third kappa shape index (κ3) is 31.5. The van der Waals surface area contributed by atoms with Crippen molar-refractivity contribution in [1.82, 2.24) is 0 Å². The third-order valence-corrected chi connectivity index (χ3v) is 14.5. The number of allylic oxidation sites excluding steroid dienone is 9. The molecule has 0 saturated carbocycles. The molecule has 1 rings (SSSR count). The van der Waals surface area contributed by atoms with Gasteiger partial charge in [-0.3, -0.25) is 0 Å². The van der Waals surface area contributed by atoms with Crippen molar-refractivity contribution in [2.75, 3.05) is 13.2 Å². The van der Waals surface area contributed by atoms with Crippen molar-refractivity contribution in [2.45, 2.75) is 258 Å². The summed E-state index contributed by atoms with van der Waals surface area (Å²) in [4.78, 5) is 0. The lowest BCUT2D eigenvalue weighted by Crippen LogP contribution is -2.19. The molecule has 0 N–H and O–H groups in total. The first-order chi connectivity index (χ1) is 29.4. The smallest absolute Gasteiger partial charge is 0.177 e. The van der Waals surface area contributed by atoms with Crippen LogP contribution < -0.4 is 0 Å². The second kappa shape index (κ2) is 34.9. The lowest BCUT2D eigenvalue weighted by molar-refractivity contribution is -0.116. The fourth-order valence-electron chi connectivity index (χ4n) is 9.69. The van der Waals surface area contributed by atoms with Crippen molar-refractivity contribution in [3.63, 3.8) is 0 Å². The number of rotatable bonds is 37. The molecule has 0 bridgehead atoms.